The molecule has 0 unspecified atom stereocenters. The fourth-order valence-electron chi connectivity index (χ4n) is 2.42. The van der Waals surface area contributed by atoms with Crippen LogP contribution in [0.3, 0.4) is 0 Å². The van der Waals surface area contributed by atoms with Crippen LogP contribution in [0, 0.1) is 6.92 Å². The van der Waals surface area contributed by atoms with Crippen molar-refractivity contribution in [2.24, 2.45) is 0 Å². The van der Waals surface area contributed by atoms with Crippen LogP contribution < -0.4 is 21.3 Å². The highest BCUT2D eigenvalue weighted by atomic mass is 32.2. The summed E-state index contributed by atoms with van der Waals surface area (Å²) in [4.78, 5) is 35.4. The lowest BCUT2D eigenvalue weighted by Crippen LogP contribution is -2.19. The highest BCUT2D eigenvalue weighted by Gasteiger charge is 2.11. The number of hydrogen-bond donors (Lipinski definition) is 4. The first-order chi connectivity index (χ1) is 14.9. The summed E-state index contributed by atoms with van der Waals surface area (Å²) in [6.07, 6.45) is 0. The van der Waals surface area contributed by atoms with E-state index < -0.39 is 6.03 Å². The molecule has 0 aliphatic rings. The lowest BCUT2D eigenvalue weighted by atomic mass is 10.2. The van der Waals surface area contributed by atoms with E-state index in [2.05, 4.69) is 31.5 Å². The number of nitrogens with zero attached hydrogens (tertiary/aromatic N) is 2. The van der Waals surface area contributed by atoms with Gasteiger partial charge in [-0.25, -0.2) is 4.79 Å². The van der Waals surface area contributed by atoms with Gasteiger partial charge in [0.2, 0.25) is 16.9 Å². The van der Waals surface area contributed by atoms with E-state index in [4.69, 9.17) is 0 Å². The Morgan fingerprint density at radius 2 is 1.61 bits per heavy atom. The summed E-state index contributed by atoms with van der Waals surface area (Å²) in [5.74, 6) is -0.298. The van der Waals surface area contributed by atoms with E-state index >= 15 is 0 Å². The molecule has 4 N–H and O–H groups in total. The summed E-state index contributed by atoms with van der Waals surface area (Å²) < 4.78 is 0.549. The number of aryl methyl sites for hydroxylation is 1. The number of anilines is 4. The SMILES string of the molecule is CC(=O)Nc1cccc(NC(=O)CSc2nnc(NC(=O)Nc3ccc(C)cc3)s2)c1. The number of carbonyl (C=O) groups is 3. The van der Waals surface area contributed by atoms with Gasteiger partial charge in [0.1, 0.15) is 0 Å². The van der Waals surface area contributed by atoms with Gasteiger partial charge in [0.05, 0.1) is 5.75 Å². The van der Waals surface area contributed by atoms with Crippen molar-refractivity contribution >= 4 is 63.1 Å². The molecule has 0 atom stereocenters. The molecule has 31 heavy (non-hydrogen) atoms. The minimum atomic E-state index is -0.423. The van der Waals surface area contributed by atoms with Crippen LogP contribution in [0.15, 0.2) is 52.9 Å². The monoisotopic (exact) mass is 456 g/mol. The standard InChI is InChI=1S/C20H20N6O3S2/c1-12-6-8-14(9-7-12)23-18(29)24-19-25-26-20(31-19)30-11-17(28)22-16-5-3-4-15(10-16)21-13(2)27/h3-10H,11H2,1-2H3,(H,21,27)(H,22,28)(H2,23,24,25,29). The second kappa shape index (κ2) is 10.5. The third kappa shape index (κ3) is 7.39. The van der Waals surface area contributed by atoms with Crippen LogP contribution in [0.1, 0.15) is 12.5 Å². The summed E-state index contributed by atoms with van der Waals surface area (Å²) in [7, 11) is 0. The quantitative estimate of drug-likeness (QED) is 0.312. The van der Waals surface area contributed by atoms with Crippen molar-refractivity contribution in [2.45, 2.75) is 18.2 Å². The minimum absolute atomic E-state index is 0.120. The summed E-state index contributed by atoms with van der Waals surface area (Å²) in [5.41, 5.74) is 2.94. The van der Waals surface area contributed by atoms with Crippen molar-refractivity contribution in [3.63, 3.8) is 0 Å². The summed E-state index contributed by atoms with van der Waals surface area (Å²) in [5, 5.41) is 19.0. The molecule has 0 saturated carbocycles. The van der Waals surface area contributed by atoms with Crippen LogP contribution in [0.2, 0.25) is 0 Å². The number of hydrogen-bond acceptors (Lipinski definition) is 7. The Morgan fingerprint density at radius 3 is 2.32 bits per heavy atom. The molecular weight excluding hydrogens is 436 g/mol. The van der Waals surface area contributed by atoms with E-state index in [0.29, 0.717) is 26.5 Å². The molecule has 0 bridgehead atoms. The minimum Gasteiger partial charge on any atom is -0.326 e. The zero-order valence-electron chi connectivity index (χ0n) is 16.8. The lowest BCUT2D eigenvalue weighted by molar-refractivity contribution is -0.114. The Kier molecular flexibility index (Phi) is 7.57. The Morgan fingerprint density at radius 1 is 0.903 bits per heavy atom. The van der Waals surface area contributed by atoms with Gasteiger partial charge in [-0.2, -0.15) is 0 Å². The molecule has 3 aromatic rings. The number of urea groups is 1. The van der Waals surface area contributed by atoms with Gasteiger partial charge in [-0.05, 0) is 37.3 Å². The van der Waals surface area contributed by atoms with E-state index in [1.807, 2.05) is 19.1 Å². The summed E-state index contributed by atoms with van der Waals surface area (Å²) >= 11 is 2.38. The summed E-state index contributed by atoms with van der Waals surface area (Å²) in [6.45, 7) is 3.38. The lowest BCUT2D eigenvalue weighted by Gasteiger charge is -2.07. The fourth-order valence-corrected chi connectivity index (χ4v) is 3.96. The normalized spacial score (nSPS) is 10.3. The molecule has 9 nitrogen and oxygen atoms in total. The van der Waals surface area contributed by atoms with Gasteiger partial charge < -0.3 is 16.0 Å². The van der Waals surface area contributed by atoms with Crippen molar-refractivity contribution < 1.29 is 14.4 Å². The zero-order chi connectivity index (χ0) is 22.2. The van der Waals surface area contributed by atoms with Crippen LogP contribution in [0.4, 0.5) is 27.0 Å². The molecule has 0 spiro atoms. The molecular formula is C20H20N6O3S2. The van der Waals surface area contributed by atoms with Gasteiger partial charge in [-0.3, -0.25) is 14.9 Å². The van der Waals surface area contributed by atoms with E-state index in [-0.39, 0.29) is 17.6 Å². The number of aromatic nitrogens is 2. The van der Waals surface area contributed by atoms with E-state index in [0.717, 1.165) is 5.56 Å². The fraction of sp³-hybridized carbons (Fsp3) is 0.150. The third-order valence-corrected chi connectivity index (χ3v) is 5.70. The molecule has 0 radical (unpaired) electrons. The average molecular weight is 457 g/mol. The molecule has 0 saturated heterocycles. The van der Waals surface area contributed by atoms with Crippen LogP contribution in [-0.4, -0.2) is 33.8 Å². The Labute approximate surface area is 187 Å². The van der Waals surface area contributed by atoms with E-state index in [1.165, 1.54) is 30.0 Å². The van der Waals surface area contributed by atoms with Crippen molar-refractivity contribution in [3.05, 3.63) is 54.1 Å². The van der Waals surface area contributed by atoms with Gasteiger partial charge in [-0.1, -0.05) is 46.9 Å². The molecule has 4 amide bonds. The van der Waals surface area contributed by atoms with Crippen LogP contribution in [0.25, 0.3) is 0 Å². The predicted molar refractivity (Wildman–Crippen MR) is 124 cm³/mol. The molecule has 0 aliphatic carbocycles. The van der Waals surface area contributed by atoms with Crippen molar-refractivity contribution in [1.29, 1.82) is 0 Å². The maximum Gasteiger partial charge on any atom is 0.325 e. The smallest absolute Gasteiger partial charge is 0.325 e. The van der Waals surface area contributed by atoms with Crippen molar-refractivity contribution in [2.75, 3.05) is 27.0 Å². The number of thioether (sulfide) groups is 1. The topological polar surface area (TPSA) is 125 Å². The maximum absolute atomic E-state index is 12.2. The zero-order valence-corrected chi connectivity index (χ0v) is 18.4. The molecule has 160 valence electrons. The highest BCUT2D eigenvalue weighted by molar-refractivity contribution is 8.01. The third-order valence-electron chi connectivity index (χ3n) is 3.73. The molecule has 0 aliphatic heterocycles. The van der Waals surface area contributed by atoms with Crippen LogP contribution in [0.5, 0.6) is 0 Å². The average Bonchev–Trinajstić information content (AvgIpc) is 3.15. The maximum atomic E-state index is 12.2. The van der Waals surface area contributed by atoms with Gasteiger partial charge in [-0.15, -0.1) is 10.2 Å². The first kappa shape index (κ1) is 22.2. The van der Waals surface area contributed by atoms with Crippen LogP contribution in [-0.2, 0) is 9.59 Å². The second-order valence-electron chi connectivity index (χ2n) is 6.42. The Balaban J connectivity index is 1.46. The first-order valence-corrected chi connectivity index (χ1v) is 11.0. The Hall–Kier alpha value is -3.44. The molecule has 3 rings (SSSR count). The molecule has 1 heterocycles. The summed E-state index contributed by atoms with van der Waals surface area (Å²) in [6, 6.07) is 13.9. The molecule has 2 aromatic carbocycles. The van der Waals surface area contributed by atoms with Gasteiger partial charge in [0.25, 0.3) is 0 Å². The number of rotatable bonds is 7. The van der Waals surface area contributed by atoms with Gasteiger partial charge in [0, 0.05) is 24.0 Å². The van der Waals surface area contributed by atoms with E-state index in [1.54, 1.807) is 36.4 Å². The second-order valence-corrected chi connectivity index (χ2v) is 8.62. The molecule has 1 aromatic heterocycles. The number of nitrogens with one attached hydrogen (secondary N) is 4. The molecule has 0 fully saturated rings. The Bertz CT molecular complexity index is 1080. The van der Waals surface area contributed by atoms with Crippen LogP contribution >= 0.6 is 23.1 Å². The van der Waals surface area contributed by atoms with Gasteiger partial charge >= 0.3 is 6.03 Å². The first-order valence-electron chi connectivity index (χ1n) is 9.16. The number of amides is 4. The largest absolute Gasteiger partial charge is 0.326 e. The number of carbonyl (C=O) groups excluding carboxylic acids is 3. The van der Waals surface area contributed by atoms with Crippen molar-refractivity contribution in [3.8, 4) is 0 Å². The molecule has 11 heteroatoms. The highest BCUT2D eigenvalue weighted by Crippen LogP contribution is 2.26. The van der Waals surface area contributed by atoms with Gasteiger partial charge in [0.15, 0.2) is 4.34 Å². The van der Waals surface area contributed by atoms with E-state index in [9.17, 15) is 14.4 Å². The predicted octanol–water partition coefficient (Wildman–Crippen LogP) is 4.18. The van der Waals surface area contributed by atoms with Crippen molar-refractivity contribution in [1.82, 2.24) is 10.2 Å². The number of benzene rings is 2.